The van der Waals surface area contributed by atoms with Gasteiger partial charge in [0.1, 0.15) is 9.84 Å². The maximum absolute atomic E-state index is 13.3. The van der Waals surface area contributed by atoms with Crippen molar-refractivity contribution in [2.45, 2.75) is 5.75 Å². The summed E-state index contributed by atoms with van der Waals surface area (Å²) in [5.41, 5.74) is 0.0384. The van der Waals surface area contributed by atoms with Crippen LogP contribution in [-0.2, 0) is 15.6 Å². The molecule has 0 fully saturated rings. The number of nitro groups is 1. The van der Waals surface area contributed by atoms with Crippen molar-refractivity contribution in [2.24, 2.45) is 0 Å². The molecule has 0 saturated carbocycles. The normalized spacial score (nSPS) is 11.4. The van der Waals surface area contributed by atoms with E-state index < -0.39 is 26.3 Å². The minimum Gasteiger partial charge on any atom is -0.258 e. The van der Waals surface area contributed by atoms with Crippen LogP contribution in [0.2, 0.25) is 0 Å². The first kappa shape index (κ1) is 14.9. The molecule has 0 aromatic heterocycles. The average Bonchev–Trinajstić information content (AvgIpc) is 2.22. The summed E-state index contributed by atoms with van der Waals surface area (Å²) in [6.45, 7) is 0. The lowest BCUT2D eigenvalue weighted by molar-refractivity contribution is -0.387. The fraction of sp³-hybridized carbons (Fsp3) is 0.400. The predicted octanol–water partition coefficient (Wildman–Crippen LogP) is 2.01. The third-order valence-electron chi connectivity index (χ3n) is 2.08. The summed E-state index contributed by atoms with van der Waals surface area (Å²) in [6, 6.07) is 3.68. The van der Waals surface area contributed by atoms with Gasteiger partial charge in [0.25, 0.3) is 0 Å². The van der Waals surface area contributed by atoms with Crippen LogP contribution < -0.4 is 0 Å². The van der Waals surface area contributed by atoms with E-state index in [0.717, 1.165) is 18.4 Å². The van der Waals surface area contributed by atoms with Crippen LogP contribution in [0, 0.1) is 15.9 Å². The number of sulfone groups is 1. The summed E-state index contributed by atoms with van der Waals surface area (Å²) in [5.74, 6) is 0.0239. The van der Waals surface area contributed by atoms with Gasteiger partial charge in [-0.15, -0.1) is 0 Å². The summed E-state index contributed by atoms with van der Waals surface area (Å²) in [4.78, 5) is 9.62. The molecule has 0 saturated heterocycles. The Labute approximate surface area is 108 Å². The van der Waals surface area contributed by atoms with E-state index in [1.807, 2.05) is 0 Å². The molecule has 0 atom stereocenters. The second kappa shape index (κ2) is 6.14. The number of nitrogens with zero attached hydrogens (tertiary/aromatic N) is 1. The van der Waals surface area contributed by atoms with Crippen molar-refractivity contribution < 1.29 is 17.7 Å². The fourth-order valence-corrected chi connectivity index (χ4v) is 3.43. The van der Waals surface area contributed by atoms with Crippen molar-refractivity contribution >= 4 is 27.3 Å². The van der Waals surface area contributed by atoms with Gasteiger partial charge in [0.15, 0.2) is 0 Å². The SMILES string of the molecule is CS(=O)(=O)CCSCc1ccc([N+](=O)[O-])c(F)c1. The lowest BCUT2D eigenvalue weighted by Gasteiger charge is -2.02. The maximum Gasteiger partial charge on any atom is 0.304 e. The Balaban J connectivity index is 2.54. The first-order valence-electron chi connectivity index (χ1n) is 4.98. The fourth-order valence-electron chi connectivity index (χ4n) is 1.19. The minimum atomic E-state index is -2.99. The van der Waals surface area contributed by atoms with Gasteiger partial charge in [-0.2, -0.15) is 16.2 Å². The number of nitro benzene ring substituents is 1. The van der Waals surface area contributed by atoms with Gasteiger partial charge < -0.3 is 0 Å². The van der Waals surface area contributed by atoms with Crippen molar-refractivity contribution in [1.29, 1.82) is 0 Å². The van der Waals surface area contributed by atoms with Crippen molar-refractivity contribution in [3.8, 4) is 0 Å². The molecule has 0 bridgehead atoms. The summed E-state index contributed by atoms with van der Waals surface area (Å²) in [6.07, 6.45) is 1.15. The molecule has 8 heteroatoms. The van der Waals surface area contributed by atoms with Gasteiger partial charge in [-0.05, 0) is 11.6 Å². The number of hydrogen-bond acceptors (Lipinski definition) is 5. The van der Waals surface area contributed by atoms with Gasteiger partial charge in [-0.25, -0.2) is 8.42 Å². The third-order valence-corrected chi connectivity index (χ3v) is 4.31. The first-order chi connectivity index (χ1) is 8.29. The van der Waals surface area contributed by atoms with E-state index in [4.69, 9.17) is 0 Å². The van der Waals surface area contributed by atoms with E-state index in [1.165, 1.54) is 17.8 Å². The average molecular weight is 293 g/mol. The first-order valence-corrected chi connectivity index (χ1v) is 8.19. The molecule has 5 nitrogen and oxygen atoms in total. The third kappa shape index (κ3) is 5.01. The number of benzene rings is 1. The molecule has 0 heterocycles. The molecule has 0 spiro atoms. The zero-order valence-electron chi connectivity index (χ0n) is 9.63. The molecule has 0 aliphatic carbocycles. The second-order valence-corrected chi connectivity index (χ2v) is 7.09. The van der Waals surface area contributed by atoms with Gasteiger partial charge >= 0.3 is 5.69 Å². The molecule has 0 aliphatic heterocycles. The summed E-state index contributed by atoms with van der Waals surface area (Å²) < 4.78 is 35.0. The molecular formula is C10H12FNO4S2. The highest BCUT2D eigenvalue weighted by molar-refractivity contribution is 7.99. The Hall–Kier alpha value is -1.15. The van der Waals surface area contributed by atoms with Gasteiger partial charge in [0.05, 0.1) is 10.7 Å². The van der Waals surface area contributed by atoms with E-state index in [1.54, 1.807) is 0 Å². The summed E-state index contributed by atoms with van der Waals surface area (Å²) >= 11 is 1.34. The summed E-state index contributed by atoms with van der Waals surface area (Å²) in [7, 11) is -2.99. The Morgan fingerprint density at radius 3 is 2.61 bits per heavy atom. The molecule has 0 radical (unpaired) electrons. The molecule has 0 aliphatic rings. The molecule has 0 amide bonds. The van der Waals surface area contributed by atoms with E-state index in [0.29, 0.717) is 17.1 Å². The molecule has 1 aromatic carbocycles. The Morgan fingerprint density at radius 1 is 1.44 bits per heavy atom. The molecular weight excluding hydrogens is 281 g/mol. The van der Waals surface area contributed by atoms with E-state index in [2.05, 4.69) is 0 Å². The minimum absolute atomic E-state index is 0.0626. The number of halogens is 1. The number of hydrogen-bond donors (Lipinski definition) is 0. The van der Waals surface area contributed by atoms with Gasteiger partial charge in [0, 0.05) is 23.8 Å². The van der Waals surface area contributed by atoms with Crippen LogP contribution in [0.5, 0.6) is 0 Å². The van der Waals surface area contributed by atoms with Crippen molar-refractivity contribution in [2.75, 3.05) is 17.8 Å². The Kier molecular flexibility index (Phi) is 5.09. The number of rotatable bonds is 6. The quantitative estimate of drug-likeness (QED) is 0.455. The smallest absolute Gasteiger partial charge is 0.258 e. The largest absolute Gasteiger partial charge is 0.304 e. The van der Waals surface area contributed by atoms with Crippen molar-refractivity contribution in [3.63, 3.8) is 0 Å². The van der Waals surface area contributed by atoms with E-state index >= 15 is 0 Å². The monoisotopic (exact) mass is 293 g/mol. The Bertz CT molecular complexity index is 545. The predicted molar refractivity (Wildman–Crippen MR) is 68.9 cm³/mol. The zero-order chi connectivity index (χ0) is 13.8. The van der Waals surface area contributed by atoms with Crippen LogP contribution >= 0.6 is 11.8 Å². The van der Waals surface area contributed by atoms with Crippen LogP contribution in [0.15, 0.2) is 18.2 Å². The van der Waals surface area contributed by atoms with Crippen LogP contribution in [0.25, 0.3) is 0 Å². The molecule has 0 N–H and O–H groups in total. The van der Waals surface area contributed by atoms with Gasteiger partial charge in [0.2, 0.25) is 5.82 Å². The van der Waals surface area contributed by atoms with Crippen LogP contribution in [0.4, 0.5) is 10.1 Å². The standard InChI is InChI=1S/C10H12FNO4S2/c1-18(15,16)5-4-17-7-8-2-3-10(12(13)14)9(11)6-8/h2-3,6H,4-5,7H2,1H3. The summed E-state index contributed by atoms with van der Waals surface area (Å²) in [5, 5.41) is 10.4. The van der Waals surface area contributed by atoms with Crippen LogP contribution in [0.1, 0.15) is 5.56 Å². The highest BCUT2D eigenvalue weighted by Gasteiger charge is 2.13. The highest BCUT2D eigenvalue weighted by Crippen LogP contribution is 2.20. The topological polar surface area (TPSA) is 77.3 Å². The van der Waals surface area contributed by atoms with Crippen LogP contribution in [-0.4, -0.2) is 31.1 Å². The van der Waals surface area contributed by atoms with Crippen molar-refractivity contribution in [3.05, 3.63) is 39.7 Å². The van der Waals surface area contributed by atoms with E-state index in [-0.39, 0.29) is 5.75 Å². The molecule has 1 aromatic rings. The van der Waals surface area contributed by atoms with Gasteiger partial charge in [-0.1, -0.05) is 6.07 Å². The highest BCUT2D eigenvalue weighted by atomic mass is 32.2. The molecule has 0 unspecified atom stereocenters. The number of thioether (sulfide) groups is 1. The van der Waals surface area contributed by atoms with E-state index in [9.17, 15) is 22.9 Å². The van der Waals surface area contributed by atoms with Crippen molar-refractivity contribution in [1.82, 2.24) is 0 Å². The van der Waals surface area contributed by atoms with Crippen LogP contribution in [0.3, 0.4) is 0 Å². The van der Waals surface area contributed by atoms with Gasteiger partial charge in [-0.3, -0.25) is 10.1 Å². The zero-order valence-corrected chi connectivity index (χ0v) is 11.3. The lowest BCUT2D eigenvalue weighted by Crippen LogP contribution is -2.05. The second-order valence-electron chi connectivity index (χ2n) is 3.73. The molecule has 100 valence electrons. The Morgan fingerprint density at radius 2 is 2.11 bits per heavy atom. The maximum atomic E-state index is 13.3. The molecule has 1 rings (SSSR count). The molecule has 18 heavy (non-hydrogen) atoms. The lowest BCUT2D eigenvalue weighted by atomic mass is 10.2.